The van der Waals surface area contributed by atoms with Gasteiger partial charge in [0.1, 0.15) is 16.7 Å². The van der Waals surface area contributed by atoms with Gasteiger partial charge in [0.15, 0.2) is 5.60 Å². The largest absolute Gasteiger partial charge is 0.478 e. The lowest BCUT2D eigenvalue weighted by Crippen LogP contribution is -2.46. The summed E-state index contributed by atoms with van der Waals surface area (Å²) < 4.78 is 6.84. The molecule has 1 heterocycles. The van der Waals surface area contributed by atoms with Crippen LogP contribution in [0, 0.1) is 11.3 Å². The third-order valence-electron chi connectivity index (χ3n) is 3.93. The third kappa shape index (κ3) is 3.98. The van der Waals surface area contributed by atoms with E-state index < -0.39 is 5.60 Å². The van der Waals surface area contributed by atoms with Gasteiger partial charge in [-0.3, -0.25) is 4.79 Å². The minimum Gasteiger partial charge on any atom is -0.478 e. The Morgan fingerprint density at radius 2 is 2.00 bits per heavy atom. The minimum atomic E-state index is -1.03. The van der Waals surface area contributed by atoms with Crippen molar-refractivity contribution < 1.29 is 9.53 Å². The Bertz CT molecular complexity index is 987. The fraction of sp³-hybridized carbons (Fsp3) is 0.200. The summed E-state index contributed by atoms with van der Waals surface area (Å²) in [6.07, 6.45) is 0. The summed E-state index contributed by atoms with van der Waals surface area (Å²) in [5.41, 5.74) is -0.0651. The van der Waals surface area contributed by atoms with Crippen LogP contribution in [0.1, 0.15) is 24.3 Å². The Labute approximate surface area is 161 Å². The van der Waals surface area contributed by atoms with Gasteiger partial charge in [-0.15, -0.1) is 11.3 Å². The van der Waals surface area contributed by atoms with E-state index in [1.54, 1.807) is 38.1 Å². The van der Waals surface area contributed by atoms with Crippen molar-refractivity contribution in [2.45, 2.75) is 26.0 Å². The Morgan fingerprint density at radius 1 is 1.27 bits per heavy atom. The summed E-state index contributed by atoms with van der Waals surface area (Å²) in [7, 11) is 0. The Hall–Kier alpha value is -2.55. The van der Waals surface area contributed by atoms with Crippen molar-refractivity contribution in [3.8, 4) is 11.8 Å². The summed E-state index contributed by atoms with van der Waals surface area (Å²) in [6.45, 7) is 3.80. The maximum Gasteiger partial charge on any atom is 0.263 e. The van der Waals surface area contributed by atoms with E-state index in [2.05, 4.69) is 11.4 Å². The summed E-state index contributed by atoms with van der Waals surface area (Å²) in [6, 6.07) is 16.8. The number of nitrogens with one attached hydrogen (secondary N) is 1. The number of carbonyl (C=O) groups is 1. The average Bonchev–Trinajstić information content (AvgIpc) is 3.05. The van der Waals surface area contributed by atoms with E-state index in [1.807, 2.05) is 24.3 Å². The number of amides is 1. The molecule has 0 bridgehead atoms. The Morgan fingerprint density at radius 3 is 2.69 bits per heavy atom. The number of rotatable bonds is 5. The fourth-order valence-corrected chi connectivity index (χ4v) is 3.59. The third-order valence-corrected chi connectivity index (χ3v) is 5.19. The summed E-state index contributed by atoms with van der Waals surface area (Å²) >= 11 is 7.31. The highest BCUT2D eigenvalue weighted by Gasteiger charge is 2.29. The number of fused-ring (bicyclic) bond motifs is 1. The van der Waals surface area contributed by atoms with E-state index in [9.17, 15) is 4.79 Å². The van der Waals surface area contributed by atoms with Gasteiger partial charge in [0, 0.05) is 16.3 Å². The molecule has 0 spiro atoms. The van der Waals surface area contributed by atoms with Crippen molar-refractivity contribution in [3.05, 3.63) is 64.0 Å². The van der Waals surface area contributed by atoms with Crippen LogP contribution in [0.25, 0.3) is 10.1 Å². The second kappa shape index (κ2) is 7.36. The second-order valence-electron chi connectivity index (χ2n) is 6.30. The lowest BCUT2D eigenvalue weighted by molar-refractivity contribution is -0.134. The standard InChI is InChI=1S/C20H17ClN2O2S/c1-20(2,25-15-8-6-14(21)7-9-15)19(24)23-12-13-4-3-5-18-17(13)10-16(11-22)26-18/h3-10H,12H2,1-2H3,(H,23,24). The number of hydrogen-bond acceptors (Lipinski definition) is 4. The van der Waals surface area contributed by atoms with Gasteiger partial charge in [0.2, 0.25) is 0 Å². The second-order valence-corrected chi connectivity index (χ2v) is 7.82. The van der Waals surface area contributed by atoms with Gasteiger partial charge in [-0.25, -0.2) is 0 Å². The van der Waals surface area contributed by atoms with E-state index in [1.165, 1.54) is 11.3 Å². The van der Waals surface area contributed by atoms with E-state index in [-0.39, 0.29) is 5.91 Å². The van der Waals surface area contributed by atoms with Crippen molar-refractivity contribution in [1.29, 1.82) is 5.26 Å². The van der Waals surface area contributed by atoms with Gasteiger partial charge in [-0.1, -0.05) is 23.7 Å². The van der Waals surface area contributed by atoms with Gasteiger partial charge in [-0.05, 0) is 61.2 Å². The molecule has 0 aliphatic rings. The number of carbonyl (C=O) groups excluding carboxylic acids is 1. The topological polar surface area (TPSA) is 62.1 Å². The molecule has 26 heavy (non-hydrogen) atoms. The fourth-order valence-electron chi connectivity index (χ4n) is 2.56. The summed E-state index contributed by atoms with van der Waals surface area (Å²) in [4.78, 5) is 13.3. The molecule has 3 aromatic rings. The zero-order chi connectivity index (χ0) is 18.7. The maximum absolute atomic E-state index is 12.6. The molecule has 0 saturated heterocycles. The van der Waals surface area contributed by atoms with Gasteiger partial charge < -0.3 is 10.1 Å². The molecule has 0 aliphatic heterocycles. The molecule has 6 heteroatoms. The van der Waals surface area contributed by atoms with Crippen LogP contribution >= 0.6 is 22.9 Å². The zero-order valence-electron chi connectivity index (χ0n) is 14.4. The van der Waals surface area contributed by atoms with E-state index in [0.29, 0.717) is 22.2 Å². The van der Waals surface area contributed by atoms with Crippen LogP contribution in [0.4, 0.5) is 0 Å². The van der Waals surface area contributed by atoms with Gasteiger partial charge in [-0.2, -0.15) is 5.26 Å². The van der Waals surface area contributed by atoms with Gasteiger partial charge >= 0.3 is 0 Å². The van der Waals surface area contributed by atoms with Crippen LogP contribution in [-0.2, 0) is 11.3 Å². The van der Waals surface area contributed by atoms with Crippen LogP contribution in [0.3, 0.4) is 0 Å². The number of halogens is 1. The lowest BCUT2D eigenvalue weighted by Gasteiger charge is -2.25. The molecule has 132 valence electrons. The van der Waals surface area contributed by atoms with E-state index in [4.69, 9.17) is 21.6 Å². The Kier molecular flexibility index (Phi) is 5.17. The molecule has 2 aromatic carbocycles. The molecule has 0 fully saturated rings. The first-order chi connectivity index (χ1) is 12.4. The molecular formula is C20H17ClN2O2S. The van der Waals surface area contributed by atoms with Gasteiger partial charge in [0.25, 0.3) is 5.91 Å². The van der Waals surface area contributed by atoms with E-state index >= 15 is 0 Å². The highest BCUT2D eigenvalue weighted by atomic mass is 35.5. The first-order valence-corrected chi connectivity index (χ1v) is 9.23. The highest BCUT2D eigenvalue weighted by molar-refractivity contribution is 7.19. The average molecular weight is 385 g/mol. The molecular weight excluding hydrogens is 368 g/mol. The number of thiophene rings is 1. The molecule has 0 saturated carbocycles. The zero-order valence-corrected chi connectivity index (χ0v) is 15.9. The number of nitrogens with zero attached hydrogens (tertiary/aromatic N) is 1. The minimum absolute atomic E-state index is 0.222. The SMILES string of the molecule is CC(C)(Oc1ccc(Cl)cc1)C(=O)NCc1cccc2sc(C#N)cc12. The molecule has 1 N–H and O–H groups in total. The molecule has 1 aromatic heterocycles. The highest BCUT2D eigenvalue weighted by Crippen LogP contribution is 2.28. The van der Waals surface area contributed by atoms with Crippen LogP contribution in [0.2, 0.25) is 5.02 Å². The normalized spacial score (nSPS) is 11.2. The van der Waals surface area contributed by atoms with Crippen LogP contribution in [0.15, 0.2) is 48.5 Å². The molecule has 0 atom stereocenters. The van der Waals surface area contributed by atoms with Gasteiger partial charge in [0.05, 0.1) is 0 Å². The predicted octanol–water partition coefficient (Wildman–Crippen LogP) is 4.90. The number of nitriles is 1. The smallest absolute Gasteiger partial charge is 0.263 e. The van der Waals surface area contributed by atoms with Crippen molar-refractivity contribution >= 4 is 38.9 Å². The molecule has 3 rings (SSSR count). The monoisotopic (exact) mass is 384 g/mol. The molecule has 0 aliphatic carbocycles. The maximum atomic E-state index is 12.6. The summed E-state index contributed by atoms with van der Waals surface area (Å²) in [5.74, 6) is 0.355. The summed E-state index contributed by atoms with van der Waals surface area (Å²) in [5, 5.41) is 13.6. The number of hydrogen-bond donors (Lipinski definition) is 1. The van der Waals surface area contributed by atoms with Crippen molar-refractivity contribution in [2.75, 3.05) is 0 Å². The molecule has 4 nitrogen and oxygen atoms in total. The van der Waals surface area contributed by atoms with Crippen molar-refractivity contribution in [1.82, 2.24) is 5.32 Å². The lowest BCUT2D eigenvalue weighted by atomic mass is 10.1. The Balaban J connectivity index is 1.71. The van der Waals surface area contributed by atoms with Crippen LogP contribution in [0.5, 0.6) is 5.75 Å². The van der Waals surface area contributed by atoms with Crippen molar-refractivity contribution in [2.24, 2.45) is 0 Å². The molecule has 0 unspecified atom stereocenters. The van der Waals surface area contributed by atoms with Crippen LogP contribution in [-0.4, -0.2) is 11.5 Å². The number of ether oxygens (including phenoxy) is 1. The first-order valence-electron chi connectivity index (χ1n) is 8.03. The van der Waals surface area contributed by atoms with E-state index in [0.717, 1.165) is 15.6 Å². The molecule has 1 amide bonds. The molecule has 0 radical (unpaired) electrons. The quantitative estimate of drug-likeness (QED) is 0.680. The number of benzene rings is 2. The predicted molar refractivity (Wildman–Crippen MR) is 105 cm³/mol. The van der Waals surface area contributed by atoms with Crippen molar-refractivity contribution in [3.63, 3.8) is 0 Å². The van der Waals surface area contributed by atoms with Crippen LogP contribution < -0.4 is 10.1 Å². The first kappa shape index (κ1) is 18.2.